The van der Waals surface area contributed by atoms with E-state index in [1.807, 2.05) is 0 Å². The van der Waals surface area contributed by atoms with E-state index in [0.717, 1.165) is 0 Å². The highest BCUT2D eigenvalue weighted by Gasteiger charge is 2.72. The van der Waals surface area contributed by atoms with Crippen molar-refractivity contribution in [1.82, 2.24) is 0 Å². The van der Waals surface area contributed by atoms with E-state index in [-0.39, 0.29) is 11.4 Å². The van der Waals surface area contributed by atoms with Crippen molar-refractivity contribution in [2.24, 2.45) is 5.92 Å². The highest BCUT2D eigenvalue weighted by atomic mass is 79.9. The Morgan fingerprint density at radius 3 is 2.71 bits per heavy atom. The lowest BCUT2D eigenvalue weighted by molar-refractivity contribution is -0.149. The molecule has 2 bridgehead atoms. The Morgan fingerprint density at radius 1 is 1.35 bits per heavy atom. The van der Waals surface area contributed by atoms with Crippen molar-refractivity contribution in [2.45, 2.75) is 35.3 Å². The Bertz CT molecular complexity index is 462. The molecule has 96 valence electrons. The van der Waals surface area contributed by atoms with Gasteiger partial charge in [0.15, 0.2) is 0 Å². The quantitative estimate of drug-likeness (QED) is 0.397. The van der Waals surface area contributed by atoms with Crippen molar-refractivity contribution in [3.63, 3.8) is 0 Å². The Hall–Kier alpha value is -0.180. The fraction of sp³-hybridized carbons (Fsp3) is 0.889. The van der Waals surface area contributed by atoms with Gasteiger partial charge in [-0.3, -0.25) is 8.98 Å². The zero-order chi connectivity index (χ0) is 12.4. The largest absolute Gasteiger partial charge is 0.466 e. The monoisotopic (exact) mass is 326 g/mol. The number of halogens is 1. The SMILES string of the molecule is CCOC(=O)[C@@H]1[C@@H]2O[C@H]3[C@H](OS(=O)(=O)[C@@H]31)[C@H]2Br. The molecule has 0 aromatic rings. The summed E-state index contributed by atoms with van der Waals surface area (Å²) < 4.78 is 39.1. The molecule has 17 heavy (non-hydrogen) atoms. The van der Waals surface area contributed by atoms with Crippen LogP contribution in [0.25, 0.3) is 0 Å². The third kappa shape index (κ3) is 1.44. The van der Waals surface area contributed by atoms with Crippen molar-refractivity contribution in [1.29, 1.82) is 0 Å². The van der Waals surface area contributed by atoms with E-state index in [0.29, 0.717) is 0 Å². The number of esters is 1. The molecule has 3 saturated heterocycles. The molecule has 3 aliphatic heterocycles. The second kappa shape index (κ2) is 3.66. The molecule has 0 aliphatic carbocycles. The van der Waals surface area contributed by atoms with Crippen molar-refractivity contribution in [3.8, 4) is 0 Å². The zero-order valence-corrected chi connectivity index (χ0v) is 11.3. The van der Waals surface area contributed by atoms with Gasteiger partial charge in [-0.25, -0.2) is 0 Å². The van der Waals surface area contributed by atoms with E-state index in [4.69, 9.17) is 13.7 Å². The predicted octanol–water partition coefficient (Wildman–Crippen LogP) is -0.193. The summed E-state index contributed by atoms with van der Waals surface area (Å²) in [6.45, 7) is 1.90. The highest BCUT2D eigenvalue weighted by molar-refractivity contribution is 9.09. The van der Waals surface area contributed by atoms with E-state index >= 15 is 0 Å². The molecule has 0 saturated carbocycles. The first-order valence-corrected chi connectivity index (χ1v) is 7.74. The van der Waals surface area contributed by atoms with E-state index in [2.05, 4.69) is 15.9 Å². The normalized spacial score (nSPS) is 49.5. The summed E-state index contributed by atoms with van der Waals surface area (Å²) >= 11 is 3.34. The van der Waals surface area contributed by atoms with Gasteiger partial charge in [-0.05, 0) is 6.92 Å². The lowest BCUT2D eigenvalue weighted by Gasteiger charge is -2.23. The third-order valence-electron chi connectivity index (χ3n) is 3.43. The second-order valence-electron chi connectivity index (χ2n) is 4.31. The maximum Gasteiger partial charge on any atom is 0.313 e. The molecule has 6 nitrogen and oxygen atoms in total. The standard InChI is InChI=1S/C9H11BrO6S/c1-2-14-9(11)3-5-4(10)6-7(15-5)8(3)17(12,13)16-6/h3-8H,2H2,1H3/t3-,4+,5+,6-,7+,8-/m1/s1. The van der Waals surface area contributed by atoms with Crippen LogP contribution in [0.1, 0.15) is 6.92 Å². The lowest BCUT2D eigenvalue weighted by Crippen LogP contribution is -2.46. The summed E-state index contributed by atoms with van der Waals surface area (Å²) in [6.07, 6.45) is -1.55. The number of carbonyl (C=O) groups excluding carboxylic acids is 1. The van der Waals surface area contributed by atoms with Crippen LogP contribution in [-0.2, 0) is 28.6 Å². The molecule has 0 unspecified atom stereocenters. The number of hydrogen-bond acceptors (Lipinski definition) is 6. The van der Waals surface area contributed by atoms with Gasteiger partial charge in [-0.1, -0.05) is 15.9 Å². The molecule has 3 fully saturated rings. The Kier molecular flexibility index (Phi) is 2.56. The van der Waals surface area contributed by atoms with Crippen LogP contribution in [0.15, 0.2) is 0 Å². The van der Waals surface area contributed by atoms with E-state index in [1.165, 1.54) is 0 Å². The second-order valence-corrected chi connectivity index (χ2v) is 7.09. The molecule has 8 heteroatoms. The van der Waals surface area contributed by atoms with Crippen LogP contribution >= 0.6 is 15.9 Å². The molecular formula is C9H11BrO6S. The fourth-order valence-electron chi connectivity index (χ4n) is 2.82. The Balaban J connectivity index is 1.99. The fourth-order valence-corrected chi connectivity index (χ4v) is 5.66. The van der Waals surface area contributed by atoms with Crippen LogP contribution in [0.2, 0.25) is 0 Å². The van der Waals surface area contributed by atoms with Crippen LogP contribution < -0.4 is 0 Å². The molecular weight excluding hydrogens is 316 g/mol. The molecule has 6 atom stereocenters. The molecule has 0 amide bonds. The Labute approximate surface area is 107 Å². The summed E-state index contributed by atoms with van der Waals surface area (Å²) in [5, 5.41) is -0.912. The first kappa shape index (κ1) is 11.9. The lowest BCUT2D eigenvalue weighted by atomic mass is 9.87. The van der Waals surface area contributed by atoms with Gasteiger partial charge in [-0.2, -0.15) is 8.42 Å². The highest BCUT2D eigenvalue weighted by Crippen LogP contribution is 2.52. The van der Waals surface area contributed by atoms with Gasteiger partial charge in [0.05, 0.1) is 17.5 Å². The number of ether oxygens (including phenoxy) is 2. The maximum absolute atomic E-state index is 11.8. The van der Waals surface area contributed by atoms with Crippen LogP contribution in [-0.4, -0.2) is 49.4 Å². The number of carbonyl (C=O) groups is 1. The minimum atomic E-state index is -3.73. The van der Waals surface area contributed by atoms with Crippen molar-refractivity contribution < 1.29 is 26.9 Å². The molecule has 3 aliphatic rings. The molecule has 0 aromatic heterocycles. The minimum absolute atomic E-state index is 0.219. The van der Waals surface area contributed by atoms with Crippen molar-refractivity contribution in [2.75, 3.05) is 6.61 Å². The van der Waals surface area contributed by atoms with E-state index < -0.39 is 45.6 Å². The number of hydrogen-bond donors (Lipinski definition) is 0. The van der Waals surface area contributed by atoms with Gasteiger partial charge in [0, 0.05) is 0 Å². The summed E-state index contributed by atoms with van der Waals surface area (Å²) in [6, 6.07) is 0. The molecule has 3 rings (SSSR count). The Morgan fingerprint density at radius 2 is 2.06 bits per heavy atom. The van der Waals surface area contributed by atoms with Gasteiger partial charge in [0.1, 0.15) is 23.4 Å². The van der Waals surface area contributed by atoms with Gasteiger partial charge < -0.3 is 9.47 Å². The number of rotatable bonds is 2. The molecule has 0 radical (unpaired) electrons. The summed E-state index contributed by atoms with van der Waals surface area (Å²) in [7, 11) is -3.73. The average Bonchev–Trinajstić information content (AvgIpc) is 2.81. The van der Waals surface area contributed by atoms with Gasteiger partial charge >= 0.3 is 5.97 Å². The van der Waals surface area contributed by atoms with Crippen molar-refractivity contribution in [3.05, 3.63) is 0 Å². The van der Waals surface area contributed by atoms with Crippen LogP contribution in [0.4, 0.5) is 0 Å². The molecule has 0 N–H and O–H groups in total. The molecule has 0 aromatic carbocycles. The third-order valence-corrected chi connectivity index (χ3v) is 6.20. The van der Waals surface area contributed by atoms with Gasteiger partial charge in [-0.15, -0.1) is 0 Å². The van der Waals surface area contributed by atoms with Crippen LogP contribution in [0, 0.1) is 5.92 Å². The maximum atomic E-state index is 11.8. The summed E-state index contributed by atoms with van der Waals surface area (Å²) in [5.41, 5.74) is 0. The zero-order valence-electron chi connectivity index (χ0n) is 8.91. The minimum Gasteiger partial charge on any atom is -0.466 e. The molecule has 3 heterocycles. The van der Waals surface area contributed by atoms with E-state index in [9.17, 15) is 13.2 Å². The van der Waals surface area contributed by atoms with Crippen LogP contribution in [0.5, 0.6) is 0 Å². The first-order valence-electron chi connectivity index (χ1n) is 5.35. The van der Waals surface area contributed by atoms with Crippen LogP contribution in [0.3, 0.4) is 0 Å². The average molecular weight is 327 g/mol. The summed E-state index contributed by atoms with van der Waals surface area (Å²) in [5.74, 6) is -1.31. The van der Waals surface area contributed by atoms with E-state index in [1.54, 1.807) is 6.92 Å². The predicted molar refractivity (Wildman–Crippen MR) is 59.1 cm³/mol. The first-order chi connectivity index (χ1) is 7.97. The number of alkyl halides is 1. The molecule has 0 spiro atoms. The number of fused-ring (bicyclic) bond motifs is 1. The van der Waals surface area contributed by atoms with Crippen molar-refractivity contribution >= 4 is 32.0 Å². The summed E-state index contributed by atoms with van der Waals surface area (Å²) in [4.78, 5) is 11.5. The topological polar surface area (TPSA) is 78.9 Å². The smallest absolute Gasteiger partial charge is 0.313 e. The van der Waals surface area contributed by atoms with Gasteiger partial charge in [0.2, 0.25) is 0 Å². The van der Waals surface area contributed by atoms with Gasteiger partial charge in [0.25, 0.3) is 10.1 Å².